The Hall–Kier alpha value is -1.43. The second-order valence-electron chi connectivity index (χ2n) is 4.99. The molecule has 0 fully saturated rings. The first-order chi connectivity index (χ1) is 10.2. The number of ether oxygens (including phenoxy) is 1. The van der Waals surface area contributed by atoms with Crippen LogP contribution in [0.2, 0.25) is 0 Å². The Kier molecular flexibility index (Phi) is 6.17. The maximum absolute atomic E-state index is 5.75. The average Bonchev–Trinajstić information content (AvgIpc) is 2.48. The van der Waals surface area contributed by atoms with Crippen molar-refractivity contribution in [1.29, 1.82) is 0 Å². The van der Waals surface area contributed by atoms with Crippen LogP contribution in [0.15, 0.2) is 47.1 Å². The Morgan fingerprint density at radius 2 is 2.19 bits per heavy atom. The number of hydrogen-bond acceptors (Lipinski definition) is 4. The zero-order valence-corrected chi connectivity index (χ0v) is 13.6. The lowest BCUT2D eigenvalue weighted by Crippen LogP contribution is -2.38. The first-order valence-electron chi connectivity index (χ1n) is 6.93. The van der Waals surface area contributed by atoms with Gasteiger partial charge < -0.3 is 4.74 Å². The van der Waals surface area contributed by atoms with E-state index in [2.05, 4.69) is 39.3 Å². The maximum atomic E-state index is 5.75. The summed E-state index contributed by atoms with van der Waals surface area (Å²) in [4.78, 5) is 4.36. The highest BCUT2D eigenvalue weighted by molar-refractivity contribution is 9.10. The van der Waals surface area contributed by atoms with E-state index < -0.39 is 0 Å². The van der Waals surface area contributed by atoms with Gasteiger partial charge in [-0.1, -0.05) is 12.1 Å². The summed E-state index contributed by atoms with van der Waals surface area (Å²) in [5.74, 6) is 6.51. The molecule has 0 amide bonds. The first-order valence-corrected chi connectivity index (χ1v) is 7.72. The van der Waals surface area contributed by atoms with Gasteiger partial charge in [0.2, 0.25) is 0 Å². The molecule has 0 bridgehead atoms. The summed E-state index contributed by atoms with van der Waals surface area (Å²) in [6, 6.07) is 12.2. The highest BCUT2D eigenvalue weighted by atomic mass is 79.9. The fraction of sp³-hybridized carbons (Fsp3) is 0.312. The standard InChI is InChI=1S/C16H20BrN3O/c1-12-3-2-4-16(9-12)21-8-7-15(20-18)10-14-6-5-13(17)11-19-14/h2-6,9,11,15,20H,7-8,10,18H2,1H3. The van der Waals surface area contributed by atoms with E-state index in [1.54, 1.807) is 6.20 Å². The van der Waals surface area contributed by atoms with E-state index in [0.717, 1.165) is 28.8 Å². The average molecular weight is 350 g/mol. The molecule has 21 heavy (non-hydrogen) atoms. The van der Waals surface area contributed by atoms with E-state index in [9.17, 15) is 0 Å². The molecular formula is C16H20BrN3O. The first kappa shape index (κ1) is 15.9. The molecule has 0 aliphatic rings. The van der Waals surface area contributed by atoms with Gasteiger partial charge in [-0.3, -0.25) is 16.3 Å². The lowest BCUT2D eigenvalue weighted by molar-refractivity contribution is 0.284. The summed E-state index contributed by atoms with van der Waals surface area (Å²) in [6.45, 7) is 2.67. The van der Waals surface area contributed by atoms with Crippen LogP contribution in [0.4, 0.5) is 0 Å². The Morgan fingerprint density at radius 3 is 2.86 bits per heavy atom. The van der Waals surface area contributed by atoms with Crippen molar-refractivity contribution in [2.24, 2.45) is 5.84 Å². The number of benzene rings is 1. The van der Waals surface area contributed by atoms with E-state index in [0.29, 0.717) is 6.61 Å². The van der Waals surface area contributed by atoms with Gasteiger partial charge in [0.1, 0.15) is 5.75 Å². The molecule has 1 unspecified atom stereocenters. The molecule has 112 valence electrons. The highest BCUT2D eigenvalue weighted by Gasteiger charge is 2.09. The highest BCUT2D eigenvalue weighted by Crippen LogP contribution is 2.13. The zero-order valence-electron chi connectivity index (χ0n) is 12.1. The van der Waals surface area contributed by atoms with E-state index in [4.69, 9.17) is 10.6 Å². The number of hydrogen-bond donors (Lipinski definition) is 2. The van der Waals surface area contributed by atoms with Crippen molar-refractivity contribution in [3.05, 3.63) is 58.3 Å². The molecule has 5 heteroatoms. The van der Waals surface area contributed by atoms with Gasteiger partial charge >= 0.3 is 0 Å². The van der Waals surface area contributed by atoms with Gasteiger partial charge in [-0.15, -0.1) is 0 Å². The van der Waals surface area contributed by atoms with Gasteiger partial charge in [-0.05, 0) is 59.1 Å². The number of nitrogens with zero attached hydrogens (tertiary/aromatic N) is 1. The van der Waals surface area contributed by atoms with Gasteiger partial charge in [0, 0.05) is 28.8 Å². The van der Waals surface area contributed by atoms with Gasteiger partial charge in [0.25, 0.3) is 0 Å². The summed E-state index contributed by atoms with van der Waals surface area (Å²) in [7, 11) is 0. The number of nitrogens with one attached hydrogen (secondary N) is 1. The molecule has 0 radical (unpaired) electrons. The van der Waals surface area contributed by atoms with E-state index >= 15 is 0 Å². The fourth-order valence-electron chi connectivity index (χ4n) is 2.05. The molecule has 2 aromatic rings. The quantitative estimate of drug-likeness (QED) is 0.595. The summed E-state index contributed by atoms with van der Waals surface area (Å²) >= 11 is 3.38. The van der Waals surface area contributed by atoms with Gasteiger partial charge in [-0.25, -0.2) is 0 Å². The van der Waals surface area contributed by atoms with Crippen molar-refractivity contribution in [2.45, 2.75) is 25.8 Å². The third kappa shape index (κ3) is 5.46. The number of aryl methyl sites for hydroxylation is 1. The van der Waals surface area contributed by atoms with Crippen molar-refractivity contribution >= 4 is 15.9 Å². The molecular weight excluding hydrogens is 330 g/mol. The molecule has 1 aromatic heterocycles. The fourth-order valence-corrected chi connectivity index (χ4v) is 2.28. The number of aromatic nitrogens is 1. The van der Waals surface area contributed by atoms with Crippen LogP contribution in [0.5, 0.6) is 5.75 Å². The molecule has 4 nitrogen and oxygen atoms in total. The minimum Gasteiger partial charge on any atom is -0.494 e. The Bertz CT molecular complexity index is 560. The van der Waals surface area contributed by atoms with Crippen LogP contribution < -0.4 is 16.0 Å². The molecule has 3 N–H and O–H groups in total. The Morgan fingerprint density at radius 1 is 1.33 bits per heavy atom. The smallest absolute Gasteiger partial charge is 0.119 e. The molecule has 0 saturated heterocycles. The monoisotopic (exact) mass is 349 g/mol. The lowest BCUT2D eigenvalue weighted by atomic mass is 10.1. The molecule has 1 aromatic carbocycles. The molecule has 0 saturated carbocycles. The van der Waals surface area contributed by atoms with Crippen molar-refractivity contribution < 1.29 is 4.74 Å². The van der Waals surface area contributed by atoms with Gasteiger partial charge in [0.15, 0.2) is 0 Å². The molecule has 0 spiro atoms. The second-order valence-corrected chi connectivity index (χ2v) is 5.90. The second kappa shape index (κ2) is 8.12. The third-order valence-corrected chi connectivity index (χ3v) is 3.67. The number of pyridine rings is 1. The molecule has 0 aliphatic carbocycles. The van der Waals surface area contributed by atoms with E-state index in [-0.39, 0.29) is 6.04 Å². The molecule has 2 rings (SSSR count). The van der Waals surface area contributed by atoms with Crippen molar-refractivity contribution in [1.82, 2.24) is 10.4 Å². The predicted molar refractivity (Wildman–Crippen MR) is 88.0 cm³/mol. The van der Waals surface area contributed by atoms with Crippen molar-refractivity contribution in [2.75, 3.05) is 6.61 Å². The number of halogens is 1. The lowest BCUT2D eigenvalue weighted by Gasteiger charge is -2.16. The number of hydrazine groups is 1. The van der Waals surface area contributed by atoms with Crippen LogP contribution in [-0.4, -0.2) is 17.6 Å². The summed E-state index contributed by atoms with van der Waals surface area (Å²) in [5.41, 5.74) is 5.04. The number of rotatable bonds is 7. The number of nitrogens with two attached hydrogens (primary N) is 1. The van der Waals surface area contributed by atoms with Crippen LogP contribution in [0.3, 0.4) is 0 Å². The molecule has 1 heterocycles. The zero-order chi connectivity index (χ0) is 15.1. The summed E-state index contributed by atoms with van der Waals surface area (Å²) < 4.78 is 6.73. The Labute approximate surface area is 133 Å². The Balaban J connectivity index is 1.81. The third-order valence-electron chi connectivity index (χ3n) is 3.20. The van der Waals surface area contributed by atoms with Crippen molar-refractivity contribution in [3.63, 3.8) is 0 Å². The minimum absolute atomic E-state index is 0.142. The van der Waals surface area contributed by atoms with Crippen LogP contribution in [0.25, 0.3) is 0 Å². The van der Waals surface area contributed by atoms with Crippen molar-refractivity contribution in [3.8, 4) is 5.75 Å². The maximum Gasteiger partial charge on any atom is 0.119 e. The predicted octanol–water partition coefficient (Wildman–Crippen LogP) is 3.00. The van der Waals surface area contributed by atoms with Crippen LogP contribution in [0, 0.1) is 6.92 Å². The molecule has 0 aliphatic heterocycles. The van der Waals surface area contributed by atoms with Gasteiger partial charge in [0.05, 0.1) is 6.61 Å². The SMILES string of the molecule is Cc1cccc(OCCC(Cc2ccc(Br)cn2)NN)c1. The summed E-state index contributed by atoms with van der Waals surface area (Å²) in [5, 5.41) is 0. The van der Waals surface area contributed by atoms with Crippen LogP contribution in [0.1, 0.15) is 17.7 Å². The van der Waals surface area contributed by atoms with E-state index in [1.807, 2.05) is 30.3 Å². The normalized spacial score (nSPS) is 12.1. The van der Waals surface area contributed by atoms with Crippen LogP contribution in [-0.2, 0) is 6.42 Å². The van der Waals surface area contributed by atoms with Gasteiger partial charge in [-0.2, -0.15) is 0 Å². The van der Waals surface area contributed by atoms with Crippen LogP contribution >= 0.6 is 15.9 Å². The largest absolute Gasteiger partial charge is 0.494 e. The minimum atomic E-state index is 0.142. The molecule has 1 atom stereocenters. The van der Waals surface area contributed by atoms with E-state index in [1.165, 1.54) is 5.56 Å². The summed E-state index contributed by atoms with van der Waals surface area (Å²) in [6.07, 6.45) is 3.40. The topological polar surface area (TPSA) is 60.2 Å².